The number of aromatic carboxylic acids is 1. The van der Waals surface area contributed by atoms with Crippen molar-refractivity contribution >= 4 is 5.97 Å². The molecule has 0 saturated heterocycles. The summed E-state index contributed by atoms with van der Waals surface area (Å²) in [5.74, 6) is -0.723. The molecule has 1 aromatic heterocycles. The van der Waals surface area contributed by atoms with Crippen LogP contribution >= 0.6 is 0 Å². The van der Waals surface area contributed by atoms with Gasteiger partial charge in [0.25, 0.3) is 0 Å². The van der Waals surface area contributed by atoms with E-state index in [9.17, 15) is 9.90 Å². The zero-order valence-corrected chi connectivity index (χ0v) is 10.9. The number of rotatable bonds is 3. The topological polar surface area (TPSA) is 68.0 Å². The van der Waals surface area contributed by atoms with Gasteiger partial charge in [-0.25, -0.2) is 9.48 Å². The minimum Gasteiger partial charge on any atom is -0.476 e. The maximum atomic E-state index is 11.2. The minimum atomic E-state index is -1.00. The third-order valence-electron chi connectivity index (χ3n) is 3.32. The van der Waals surface area contributed by atoms with Crippen molar-refractivity contribution in [3.05, 3.63) is 40.7 Å². The zero-order valence-electron chi connectivity index (χ0n) is 10.9. The first-order valence-electron chi connectivity index (χ1n) is 6.34. The monoisotopic (exact) mass is 257 g/mol. The van der Waals surface area contributed by atoms with Crippen LogP contribution in [0, 0.1) is 13.8 Å². The molecule has 1 N–H and O–H groups in total. The first-order valence-corrected chi connectivity index (χ1v) is 6.34. The summed E-state index contributed by atoms with van der Waals surface area (Å²) in [6.45, 7) is 4.03. The van der Waals surface area contributed by atoms with Crippen LogP contribution in [0.1, 0.15) is 46.1 Å². The molecule has 5 nitrogen and oxygen atoms in total. The standard InChI is InChI=1S/C14H15N3O2/c1-8-5-9(2)7-11(6-8)17-13(10-3-4-10)12(14(18)19)15-16-17/h5-7,10H,3-4H2,1-2H3,(H,18,19). The Hall–Kier alpha value is -2.17. The molecule has 98 valence electrons. The lowest BCUT2D eigenvalue weighted by Gasteiger charge is -2.08. The summed E-state index contributed by atoms with van der Waals surface area (Å²) in [5, 5.41) is 17.1. The van der Waals surface area contributed by atoms with Gasteiger partial charge in [0, 0.05) is 5.92 Å². The summed E-state index contributed by atoms with van der Waals surface area (Å²) in [5.41, 5.74) is 3.96. The molecule has 2 aromatic rings. The molecule has 0 amide bonds. The third-order valence-corrected chi connectivity index (χ3v) is 3.32. The predicted molar refractivity (Wildman–Crippen MR) is 69.8 cm³/mol. The highest BCUT2D eigenvalue weighted by Crippen LogP contribution is 2.42. The number of carboxylic acid groups (broad SMARTS) is 1. The second kappa shape index (κ2) is 4.19. The van der Waals surface area contributed by atoms with Crippen molar-refractivity contribution in [2.45, 2.75) is 32.6 Å². The number of aryl methyl sites for hydroxylation is 2. The molecule has 1 aliphatic rings. The van der Waals surface area contributed by atoms with Gasteiger partial charge in [0.1, 0.15) is 0 Å². The van der Waals surface area contributed by atoms with Gasteiger partial charge in [0.2, 0.25) is 0 Å². The van der Waals surface area contributed by atoms with Crippen molar-refractivity contribution < 1.29 is 9.90 Å². The molecule has 1 aliphatic carbocycles. The lowest BCUT2D eigenvalue weighted by Crippen LogP contribution is -2.06. The fourth-order valence-corrected chi connectivity index (χ4v) is 2.43. The highest BCUT2D eigenvalue weighted by atomic mass is 16.4. The average molecular weight is 257 g/mol. The van der Waals surface area contributed by atoms with Crippen LogP contribution < -0.4 is 0 Å². The molecule has 5 heteroatoms. The molecule has 0 spiro atoms. The van der Waals surface area contributed by atoms with Crippen molar-refractivity contribution in [1.29, 1.82) is 0 Å². The third kappa shape index (κ3) is 2.12. The summed E-state index contributed by atoms with van der Waals surface area (Å²) in [6, 6.07) is 6.08. The van der Waals surface area contributed by atoms with E-state index in [-0.39, 0.29) is 11.6 Å². The van der Waals surface area contributed by atoms with Gasteiger partial charge in [0.05, 0.1) is 11.4 Å². The normalized spacial score (nSPS) is 14.6. The Morgan fingerprint density at radius 3 is 2.42 bits per heavy atom. The maximum absolute atomic E-state index is 11.2. The van der Waals surface area contributed by atoms with E-state index >= 15 is 0 Å². The van der Waals surface area contributed by atoms with Gasteiger partial charge >= 0.3 is 5.97 Å². The van der Waals surface area contributed by atoms with E-state index in [4.69, 9.17) is 0 Å². The van der Waals surface area contributed by atoms with E-state index in [2.05, 4.69) is 16.4 Å². The number of hydrogen-bond donors (Lipinski definition) is 1. The summed E-state index contributed by atoms with van der Waals surface area (Å²) < 4.78 is 1.68. The summed E-state index contributed by atoms with van der Waals surface area (Å²) in [4.78, 5) is 11.2. The maximum Gasteiger partial charge on any atom is 0.358 e. The van der Waals surface area contributed by atoms with Crippen molar-refractivity contribution in [2.75, 3.05) is 0 Å². The molecule has 1 heterocycles. The fourth-order valence-electron chi connectivity index (χ4n) is 2.43. The van der Waals surface area contributed by atoms with Crippen LogP contribution in [0.2, 0.25) is 0 Å². The van der Waals surface area contributed by atoms with Crippen LogP contribution in [-0.4, -0.2) is 26.1 Å². The van der Waals surface area contributed by atoms with Crippen LogP contribution in [0.4, 0.5) is 0 Å². The smallest absolute Gasteiger partial charge is 0.358 e. The minimum absolute atomic E-state index is 0.0849. The summed E-state index contributed by atoms with van der Waals surface area (Å²) in [7, 11) is 0. The Labute approximate surface area is 110 Å². The van der Waals surface area contributed by atoms with Crippen LogP contribution in [0.25, 0.3) is 5.69 Å². The van der Waals surface area contributed by atoms with Crippen LogP contribution in [0.15, 0.2) is 18.2 Å². The van der Waals surface area contributed by atoms with Crippen molar-refractivity contribution in [3.63, 3.8) is 0 Å². The van der Waals surface area contributed by atoms with E-state index in [0.29, 0.717) is 0 Å². The second-order valence-corrected chi connectivity index (χ2v) is 5.16. The Morgan fingerprint density at radius 1 is 1.26 bits per heavy atom. The van der Waals surface area contributed by atoms with Gasteiger partial charge in [-0.05, 0) is 49.9 Å². The number of benzene rings is 1. The molecule has 1 fully saturated rings. The Morgan fingerprint density at radius 2 is 1.89 bits per heavy atom. The first kappa shape index (κ1) is 11.9. The number of carboxylic acids is 1. The van der Waals surface area contributed by atoms with Gasteiger partial charge in [-0.3, -0.25) is 0 Å². The van der Waals surface area contributed by atoms with E-state index in [0.717, 1.165) is 35.3 Å². The molecule has 19 heavy (non-hydrogen) atoms. The molecule has 0 unspecified atom stereocenters. The van der Waals surface area contributed by atoms with Gasteiger partial charge < -0.3 is 5.11 Å². The Balaban J connectivity index is 2.16. The van der Waals surface area contributed by atoms with Crippen molar-refractivity contribution in [2.24, 2.45) is 0 Å². The highest BCUT2D eigenvalue weighted by molar-refractivity contribution is 5.87. The SMILES string of the molecule is Cc1cc(C)cc(-n2nnc(C(=O)O)c2C2CC2)c1. The molecule has 0 radical (unpaired) electrons. The number of aromatic nitrogens is 3. The highest BCUT2D eigenvalue weighted by Gasteiger charge is 2.34. The van der Waals surface area contributed by atoms with Crippen LogP contribution in [0.3, 0.4) is 0 Å². The first-order chi connectivity index (χ1) is 9.06. The molecule has 3 rings (SSSR count). The van der Waals surface area contributed by atoms with Gasteiger partial charge in [0.15, 0.2) is 5.69 Å². The molecule has 0 bridgehead atoms. The summed E-state index contributed by atoms with van der Waals surface area (Å²) >= 11 is 0. The second-order valence-electron chi connectivity index (χ2n) is 5.16. The van der Waals surface area contributed by atoms with Crippen LogP contribution in [-0.2, 0) is 0 Å². The largest absolute Gasteiger partial charge is 0.476 e. The predicted octanol–water partition coefficient (Wildman–Crippen LogP) is 2.46. The molecular weight excluding hydrogens is 242 g/mol. The molecular formula is C14H15N3O2. The number of hydrogen-bond acceptors (Lipinski definition) is 3. The van der Waals surface area contributed by atoms with Crippen molar-refractivity contribution in [1.82, 2.24) is 15.0 Å². The van der Waals surface area contributed by atoms with Crippen molar-refractivity contribution in [3.8, 4) is 5.69 Å². The lowest BCUT2D eigenvalue weighted by molar-refractivity contribution is 0.0689. The van der Waals surface area contributed by atoms with Gasteiger partial charge in [-0.15, -0.1) is 5.10 Å². The van der Waals surface area contributed by atoms with E-state index in [1.54, 1.807) is 4.68 Å². The van der Waals surface area contributed by atoms with Gasteiger partial charge in [-0.1, -0.05) is 11.3 Å². The molecule has 1 aromatic carbocycles. The number of carbonyl (C=O) groups is 1. The van der Waals surface area contributed by atoms with Gasteiger partial charge in [-0.2, -0.15) is 0 Å². The molecule has 0 atom stereocenters. The van der Waals surface area contributed by atoms with Crippen LogP contribution in [0.5, 0.6) is 0 Å². The fraction of sp³-hybridized carbons (Fsp3) is 0.357. The molecule has 1 saturated carbocycles. The van der Waals surface area contributed by atoms with E-state index < -0.39 is 5.97 Å². The zero-order chi connectivity index (χ0) is 13.6. The molecule has 0 aliphatic heterocycles. The van der Waals surface area contributed by atoms with E-state index in [1.165, 1.54) is 0 Å². The Bertz CT molecular complexity index is 636. The average Bonchev–Trinajstić information content (AvgIpc) is 3.06. The number of nitrogens with zero attached hydrogens (tertiary/aromatic N) is 3. The lowest BCUT2D eigenvalue weighted by atomic mass is 10.1. The quantitative estimate of drug-likeness (QED) is 0.917. The van der Waals surface area contributed by atoms with E-state index in [1.807, 2.05) is 26.0 Å². The Kier molecular flexibility index (Phi) is 2.62. The summed E-state index contributed by atoms with van der Waals surface area (Å²) in [6.07, 6.45) is 2.02.